The van der Waals surface area contributed by atoms with E-state index in [0.29, 0.717) is 0 Å². The van der Waals surface area contributed by atoms with Crippen molar-refractivity contribution in [2.45, 2.75) is 31.5 Å². The Morgan fingerprint density at radius 1 is 1.46 bits per heavy atom. The number of carbonyl (C=O) groups is 1. The molecule has 4 rings (SSSR count). The zero-order valence-electron chi connectivity index (χ0n) is 13.2. The Morgan fingerprint density at radius 2 is 2.19 bits per heavy atom. The van der Waals surface area contributed by atoms with Crippen LogP contribution in [-0.4, -0.2) is 60.3 Å². The van der Waals surface area contributed by atoms with Crippen molar-refractivity contribution in [3.8, 4) is 0 Å². The minimum Gasteiger partial charge on any atom is -0.394 e. The maximum absolute atomic E-state index is 12.1. The number of H-pyrrole nitrogens is 1. The standard InChI is InChI=1S/C12H14N5O8P/c1-4(19)14-12-15-9-6(10(20)16-12)13-3-17(9)11-8-7(5(2-18)23-11)24-26(21,22)25-8/h3,5,7-8,11,18H,2H2,1H3,(H,21,22)(H2,14,15,16,19,20)/t5-,7-,8-,11-/m1/s1. The summed E-state index contributed by atoms with van der Waals surface area (Å²) < 4.78 is 28.7. The fraction of sp³-hybridized carbons (Fsp3) is 0.500. The molecule has 0 aliphatic carbocycles. The van der Waals surface area contributed by atoms with Crippen molar-refractivity contribution in [2.24, 2.45) is 0 Å². The van der Waals surface area contributed by atoms with Crippen LogP contribution in [0.2, 0.25) is 0 Å². The molecular weight excluding hydrogens is 373 g/mol. The molecule has 13 nitrogen and oxygen atoms in total. The van der Waals surface area contributed by atoms with E-state index in [4.69, 9.17) is 13.8 Å². The Labute approximate surface area is 144 Å². The Balaban J connectivity index is 1.79. The van der Waals surface area contributed by atoms with Gasteiger partial charge < -0.3 is 14.7 Å². The predicted octanol–water partition coefficient (Wildman–Crippen LogP) is -1.15. The number of carbonyl (C=O) groups excluding carboxylic acids is 1. The lowest BCUT2D eigenvalue weighted by atomic mass is 10.1. The minimum atomic E-state index is -4.28. The first-order valence-corrected chi connectivity index (χ1v) is 8.99. The highest BCUT2D eigenvalue weighted by Crippen LogP contribution is 2.58. The smallest absolute Gasteiger partial charge is 0.394 e. The molecule has 2 aliphatic rings. The van der Waals surface area contributed by atoms with Crippen LogP contribution in [0.5, 0.6) is 0 Å². The largest absolute Gasteiger partial charge is 0.473 e. The lowest BCUT2D eigenvalue weighted by Crippen LogP contribution is -2.30. The third-order valence-electron chi connectivity index (χ3n) is 3.98. The summed E-state index contributed by atoms with van der Waals surface area (Å²) in [5.74, 6) is -0.536. The molecule has 2 aliphatic heterocycles. The number of phosphoric acid groups is 1. The van der Waals surface area contributed by atoms with Gasteiger partial charge in [-0.05, 0) is 0 Å². The molecule has 140 valence electrons. The quantitative estimate of drug-likeness (QED) is 0.470. The summed E-state index contributed by atoms with van der Waals surface area (Å²) >= 11 is 0. The van der Waals surface area contributed by atoms with Crippen molar-refractivity contribution in [1.82, 2.24) is 19.5 Å². The third kappa shape index (κ3) is 2.74. The maximum atomic E-state index is 12.1. The monoisotopic (exact) mass is 387 g/mol. The molecule has 2 fully saturated rings. The number of aromatic nitrogens is 4. The molecule has 4 N–H and O–H groups in total. The van der Waals surface area contributed by atoms with Crippen LogP contribution in [0.3, 0.4) is 0 Å². The molecule has 4 heterocycles. The first-order chi connectivity index (χ1) is 12.3. The van der Waals surface area contributed by atoms with Gasteiger partial charge in [-0.3, -0.25) is 33.5 Å². The summed E-state index contributed by atoms with van der Waals surface area (Å²) in [5.41, 5.74) is -0.567. The Morgan fingerprint density at radius 3 is 2.88 bits per heavy atom. The van der Waals surface area contributed by atoms with Gasteiger partial charge in [0.15, 0.2) is 17.4 Å². The number of phosphoric ester groups is 1. The second kappa shape index (κ2) is 5.94. The molecular formula is C12H14N5O8P. The second-order valence-corrected chi connectivity index (χ2v) is 7.13. The van der Waals surface area contributed by atoms with E-state index in [1.807, 2.05) is 0 Å². The van der Waals surface area contributed by atoms with Crippen LogP contribution in [0.15, 0.2) is 11.1 Å². The second-order valence-electron chi connectivity index (χ2n) is 5.78. The van der Waals surface area contributed by atoms with Crippen molar-refractivity contribution in [3.63, 3.8) is 0 Å². The summed E-state index contributed by atoms with van der Waals surface area (Å²) in [6.07, 6.45) is -2.69. The number of imidazole rings is 1. The summed E-state index contributed by atoms with van der Waals surface area (Å²) in [6.45, 7) is 0.777. The number of aliphatic hydroxyl groups is 1. The van der Waals surface area contributed by atoms with E-state index >= 15 is 0 Å². The summed E-state index contributed by atoms with van der Waals surface area (Å²) in [4.78, 5) is 43.3. The van der Waals surface area contributed by atoms with Gasteiger partial charge in [0, 0.05) is 6.92 Å². The first kappa shape index (κ1) is 17.3. The van der Waals surface area contributed by atoms with Crippen molar-refractivity contribution in [1.29, 1.82) is 0 Å². The van der Waals surface area contributed by atoms with Gasteiger partial charge in [-0.1, -0.05) is 0 Å². The van der Waals surface area contributed by atoms with Crippen LogP contribution < -0.4 is 10.9 Å². The molecule has 0 radical (unpaired) electrons. The molecule has 0 aromatic carbocycles. The highest BCUT2D eigenvalue weighted by Gasteiger charge is 2.57. The van der Waals surface area contributed by atoms with Gasteiger partial charge >= 0.3 is 7.82 Å². The molecule has 14 heteroatoms. The number of ether oxygens (including phenoxy) is 1. The number of rotatable bonds is 3. The van der Waals surface area contributed by atoms with Crippen LogP contribution in [0, 0.1) is 0 Å². The Bertz CT molecular complexity index is 988. The number of fused-ring (bicyclic) bond motifs is 2. The van der Waals surface area contributed by atoms with E-state index in [1.54, 1.807) is 0 Å². The fourth-order valence-corrected chi connectivity index (χ4v) is 4.13. The number of aliphatic hydroxyl groups excluding tert-OH is 1. The minimum absolute atomic E-state index is 0.0298. The van der Waals surface area contributed by atoms with Crippen LogP contribution >= 0.6 is 7.82 Å². The summed E-state index contributed by atoms with van der Waals surface area (Å²) in [7, 11) is -4.28. The van der Waals surface area contributed by atoms with Crippen molar-refractivity contribution < 1.29 is 33.1 Å². The van der Waals surface area contributed by atoms with Crippen molar-refractivity contribution >= 4 is 30.8 Å². The summed E-state index contributed by atoms with van der Waals surface area (Å²) in [5, 5.41) is 11.8. The van der Waals surface area contributed by atoms with Crippen LogP contribution in [0.25, 0.3) is 11.2 Å². The van der Waals surface area contributed by atoms with E-state index in [1.165, 1.54) is 17.8 Å². The average Bonchev–Trinajstić information content (AvgIpc) is 3.17. The van der Waals surface area contributed by atoms with E-state index < -0.39 is 50.4 Å². The summed E-state index contributed by atoms with van der Waals surface area (Å²) in [6, 6.07) is 0. The highest BCUT2D eigenvalue weighted by atomic mass is 31.2. The van der Waals surface area contributed by atoms with Gasteiger partial charge in [0.2, 0.25) is 11.9 Å². The predicted molar refractivity (Wildman–Crippen MR) is 83.0 cm³/mol. The first-order valence-electron chi connectivity index (χ1n) is 7.49. The van der Waals surface area contributed by atoms with Gasteiger partial charge in [-0.25, -0.2) is 9.55 Å². The zero-order chi connectivity index (χ0) is 18.6. The van der Waals surface area contributed by atoms with Gasteiger partial charge in [0.1, 0.15) is 18.3 Å². The molecule has 2 aromatic heterocycles. The van der Waals surface area contributed by atoms with Crippen LogP contribution in [-0.2, 0) is 23.1 Å². The van der Waals surface area contributed by atoms with Crippen LogP contribution in [0.1, 0.15) is 13.2 Å². The Kier molecular flexibility index (Phi) is 3.95. The van der Waals surface area contributed by atoms with Gasteiger partial charge in [0.25, 0.3) is 5.56 Å². The number of hydrogen-bond acceptors (Lipinski definition) is 9. The number of anilines is 1. The lowest BCUT2D eigenvalue weighted by molar-refractivity contribution is -0.114. The third-order valence-corrected chi connectivity index (χ3v) is 5.00. The van der Waals surface area contributed by atoms with E-state index in [2.05, 4.69) is 20.3 Å². The van der Waals surface area contributed by atoms with Crippen molar-refractivity contribution in [2.75, 3.05) is 11.9 Å². The van der Waals surface area contributed by atoms with Gasteiger partial charge in [-0.15, -0.1) is 0 Å². The molecule has 5 atom stereocenters. The molecule has 1 amide bonds. The number of nitrogens with one attached hydrogen (secondary N) is 2. The molecule has 1 unspecified atom stereocenters. The van der Waals surface area contributed by atoms with Gasteiger partial charge in [0.05, 0.1) is 12.9 Å². The average molecular weight is 387 g/mol. The highest BCUT2D eigenvalue weighted by molar-refractivity contribution is 7.47. The lowest BCUT2D eigenvalue weighted by Gasteiger charge is -2.18. The molecule has 0 saturated carbocycles. The molecule has 0 bridgehead atoms. The van der Waals surface area contributed by atoms with Crippen molar-refractivity contribution in [3.05, 3.63) is 16.7 Å². The SMILES string of the molecule is CC(=O)Nc1nc2c(ncn2[C@@H]2O[C@H](CO)[C@H]3OP(=O)(O)O[C@H]32)c(=O)[nH]1. The Hall–Kier alpha value is -2.15. The molecule has 2 saturated heterocycles. The fourth-order valence-electron chi connectivity index (χ4n) is 2.99. The normalized spacial score (nSPS) is 33.5. The van der Waals surface area contributed by atoms with Crippen LogP contribution in [0.4, 0.5) is 5.95 Å². The number of amides is 1. The number of nitrogens with zero attached hydrogens (tertiary/aromatic N) is 3. The van der Waals surface area contributed by atoms with E-state index in [-0.39, 0.29) is 17.1 Å². The molecule has 0 spiro atoms. The molecule has 26 heavy (non-hydrogen) atoms. The van der Waals surface area contributed by atoms with E-state index in [0.717, 1.165) is 0 Å². The number of aromatic amines is 1. The number of hydrogen-bond donors (Lipinski definition) is 4. The van der Waals surface area contributed by atoms with E-state index in [9.17, 15) is 24.2 Å². The topological polar surface area (TPSA) is 178 Å². The van der Waals surface area contributed by atoms with Gasteiger partial charge in [-0.2, -0.15) is 4.98 Å². The zero-order valence-corrected chi connectivity index (χ0v) is 14.1. The maximum Gasteiger partial charge on any atom is 0.473 e. The molecule has 2 aromatic rings.